The number of halogens is 2. The second-order valence-electron chi connectivity index (χ2n) is 5.76. The molecule has 0 amide bonds. The molecule has 1 N–H and O–H groups in total. The quantitative estimate of drug-likeness (QED) is 0.813. The van der Waals surface area contributed by atoms with Crippen LogP contribution >= 0.6 is 23.2 Å². The van der Waals surface area contributed by atoms with Gasteiger partial charge < -0.3 is 5.32 Å². The van der Waals surface area contributed by atoms with Crippen molar-refractivity contribution in [1.82, 2.24) is 5.32 Å². The lowest BCUT2D eigenvalue weighted by Crippen LogP contribution is -2.31. The van der Waals surface area contributed by atoms with E-state index in [1.54, 1.807) is 0 Å². The minimum Gasteiger partial charge on any atom is -0.317 e. The second-order valence-corrected chi connectivity index (χ2v) is 6.60. The molecule has 3 heteroatoms. The van der Waals surface area contributed by atoms with E-state index in [0.29, 0.717) is 11.8 Å². The van der Waals surface area contributed by atoms with Crippen LogP contribution in [-0.2, 0) is 0 Å². The van der Waals surface area contributed by atoms with Crippen molar-refractivity contribution in [3.8, 4) is 0 Å². The number of nitrogens with one attached hydrogen (secondary N) is 1. The van der Waals surface area contributed by atoms with Crippen LogP contribution in [0.4, 0.5) is 0 Å². The number of hydrogen-bond donors (Lipinski definition) is 1. The van der Waals surface area contributed by atoms with Crippen molar-refractivity contribution in [3.63, 3.8) is 0 Å². The maximum absolute atomic E-state index is 6.40. The van der Waals surface area contributed by atoms with Gasteiger partial charge in [-0.05, 0) is 67.4 Å². The molecular weight excluding hydrogens is 277 g/mol. The minimum absolute atomic E-state index is 0.536. The summed E-state index contributed by atoms with van der Waals surface area (Å²) in [5.74, 6) is 1.99. The van der Waals surface area contributed by atoms with Crippen LogP contribution in [-0.4, -0.2) is 13.1 Å². The van der Waals surface area contributed by atoms with Gasteiger partial charge in [-0.25, -0.2) is 0 Å². The summed E-state index contributed by atoms with van der Waals surface area (Å²) in [4.78, 5) is 0. The molecule has 0 bridgehead atoms. The lowest BCUT2D eigenvalue weighted by Gasteiger charge is -2.36. The summed E-state index contributed by atoms with van der Waals surface area (Å²) in [6.45, 7) is 6.61. The first-order valence-electron chi connectivity index (χ1n) is 7.27. The fourth-order valence-electron chi connectivity index (χ4n) is 3.20. The molecule has 106 valence electrons. The Labute approximate surface area is 126 Å². The first-order valence-corrected chi connectivity index (χ1v) is 8.03. The average Bonchev–Trinajstić information content (AvgIpc) is 2.40. The SMILES string of the molecule is CCNCC1CCC(C)CC1c1cc(Cl)ccc1Cl. The molecule has 0 radical (unpaired) electrons. The molecule has 0 spiro atoms. The van der Waals surface area contributed by atoms with Gasteiger partial charge in [0, 0.05) is 10.0 Å². The van der Waals surface area contributed by atoms with Gasteiger partial charge in [0.25, 0.3) is 0 Å². The Balaban J connectivity index is 2.23. The second kappa shape index (κ2) is 6.97. The van der Waals surface area contributed by atoms with Crippen LogP contribution in [0.5, 0.6) is 0 Å². The number of benzene rings is 1. The molecule has 1 nitrogen and oxygen atoms in total. The molecule has 0 heterocycles. The van der Waals surface area contributed by atoms with Crippen molar-refractivity contribution in [1.29, 1.82) is 0 Å². The average molecular weight is 300 g/mol. The Kier molecular flexibility index (Phi) is 5.56. The predicted octanol–water partition coefficient (Wildman–Crippen LogP) is 5.12. The molecule has 0 aromatic heterocycles. The largest absolute Gasteiger partial charge is 0.317 e. The van der Waals surface area contributed by atoms with Crippen molar-refractivity contribution < 1.29 is 0 Å². The predicted molar refractivity (Wildman–Crippen MR) is 84.3 cm³/mol. The number of rotatable bonds is 4. The first kappa shape index (κ1) is 15.2. The van der Waals surface area contributed by atoms with E-state index in [2.05, 4.69) is 25.2 Å². The van der Waals surface area contributed by atoms with Gasteiger partial charge in [-0.2, -0.15) is 0 Å². The van der Waals surface area contributed by atoms with Crippen LogP contribution in [0, 0.1) is 11.8 Å². The summed E-state index contributed by atoms with van der Waals surface area (Å²) in [6.07, 6.45) is 3.82. The van der Waals surface area contributed by atoms with Gasteiger partial charge in [0.05, 0.1) is 0 Å². The van der Waals surface area contributed by atoms with E-state index in [-0.39, 0.29) is 0 Å². The van der Waals surface area contributed by atoms with Crippen LogP contribution in [0.2, 0.25) is 10.0 Å². The zero-order valence-corrected chi connectivity index (χ0v) is 13.3. The molecule has 0 aliphatic heterocycles. The topological polar surface area (TPSA) is 12.0 Å². The third-order valence-electron chi connectivity index (χ3n) is 4.27. The Bertz CT molecular complexity index is 417. The van der Waals surface area contributed by atoms with E-state index in [4.69, 9.17) is 23.2 Å². The van der Waals surface area contributed by atoms with Gasteiger partial charge in [0.1, 0.15) is 0 Å². The Hall–Kier alpha value is -0.240. The Morgan fingerprint density at radius 3 is 2.79 bits per heavy atom. The number of hydrogen-bond acceptors (Lipinski definition) is 1. The van der Waals surface area contributed by atoms with Crippen molar-refractivity contribution in [3.05, 3.63) is 33.8 Å². The van der Waals surface area contributed by atoms with Gasteiger partial charge in [-0.15, -0.1) is 0 Å². The highest BCUT2D eigenvalue weighted by Gasteiger charge is 2.30. The highest BCUT2D eigenvalue weighted by atomic mass is 35.5. The van der Waals surface area contributed by atoms with Crippen molar-refractivity contribution in [2.24, 2.45) is 11.8 Å². The van der Waals surface area contributed by atoms with E-state index < -0.39 is 0 Å². The smallest absolute Gasteiger partial charge is 0.0441 e. The Morgan fingerprint density at radius 1 is 1.26 bits per heavy atom. The van der Waals surface area contributed by atoms with Crippen LogP contribution < -0.4 is 5.32 Å². The van der Waals surface area contributed by atoms with E-state index in [0.717, 1.165) is 29.1 Å². The standard InChI is InChI=1S/C16H23Cl2N/c1-3-19-10-12-5-4-11(2)8-14(12)15-9-13(17)6-7-16(15)18/h6-7,9,11-12,14,19H,3-5,8,10H2,1-2H3. The summed E-state index contributed by atoms with van der Waals surface area (Å²) in [6, 6.07) is 5.87. The fourth-order valence-corrected chi connectivity index (χ4v) is 3.64. The molecular formula is C16H23Cl2N. The zero-order valence-electron chi connectivity index (χ0n) is 11.8. The van der Waals surface area contributed by atoms with Crippen molar-refractivity contribution in [2.75, 3.05) is 13.1 Å². The molecule has 1 aliphatic carbocycles. The summed E-state index contributed by atoms with van der Waals surface area (Å²) in [5.41, 5.74) is 1.24. The van der Waals surface area contributed by atoms with E-state index in [1.165, 1.54) is 24.8 Å². The van der Waals surface area contributed by atoms with E-state index in [1.807, 2.05) is 12.1 Å². The van der Waals surface area contributed by atoms with E-state index in [9.17, 15) is 0 Å². The van der Waals surface area contributed by atoms with Gasteiger partial charge in [0.15, 0.2) is 0 Å². The Morgan fingerprint density at radius 2 is 2.05 bits per heavy atom. The van der Waals surface area contributed by atoms with Crippen LogP contribution in [0.3, 0.4) is 0 Å². The molecule has 1 aromatic carbocycles. The molecule has 1 fully saturated rings. The maximum atomic E-state index is 6.40. The monoisotopic (exact) mass is 299 g/mol. The third kappa shape index (κ3) is 3.87. The molecule has 2 rings (SSSR count). The zero-order chi connectivity index (χ0) is 13.8. The van der Waals surface area contributed by atoms with Crippen molar-refractivity contribution in [2.45, 2.75) is 39.0 Å². The van der Waals surface area contributed by atoms with Crippen LogP contribution in [0.15, 0.2) is 18.2 Å². The highest BCUT2D eigenvalue weighted by molar-refractivity contribution is 6.33. The summed E-state index contributed by atoms with van der Waals surface area (Å²) < 4.78 is 0. The molecule has 1 aromatic rings. The van der Waals surface area contributed by atoms with Crippen LogP contribution in [0.25, 0.3) is 0 Å². The molecule has 1 aliphatic rings. The molecule has 19 heavy (non-hydrogen) atoms. The van der Waals surface area contributed by atoms with Gasteiger partial charge in [0.2, 0.25) is 0 Å². The molecule has 1 saturated carbocycles. The maximum Gasteiger partial charge on any atom is 0.0441 e. The van der Waals surface area contributed by atoms with Crippen LogP contribution in [0.1, 0.15) is 44.6 Å². The minimum atomic E-state index is 0.536. The molecule has 3 atom stereocenters. The summed E-state index contributed by atoms with van der Waals surface area (Å²) in [7, 11) is 0. The lowest BCUT2D eigenvalue weighted by atomic mass is 9.71. The third-order valence-corrected chi connectivity index (χ3v) is 4.85. The van der Waals surface area contributed by atoms with Crippen molar-refractivity contribution >= 4 is 23.2 Å². The highest BCUT2D eigenvalue weighted by Crippen LogP contribution is 2.43. The molecule has 3 unspecified atom stereocenters. The fraction of sp³-hybridized carbons (Fsp3) is 0.625. The van der Waals surface area contributed by atoms with Gasteiger partial charge in [-0.1, -0.05) is 43.5 Å². The van der Waals surface area contributed by atoms with Gasteiger partial charge >= 0.3 is 0 Å². The summed E-state index contributed by atoms with van der Waals surface area (Å²) in [5, 5.41) is 5.15. The van der Waals surface area contributed by atoms with Gasteiger partial charge in [-0.3, -0.25) is 0 Å². The van der Waals surface area contributed by atoms with E-state index >= 15 is 0 Å². The normalized spacial score (nSPS) is 27.5. The summed E-state index contributed by atoms with van der Waals surface area (Å²) >= 11 is 12.5. The first-order chi connectivity index (χ1) is 9.11. The lowest BCUT2D eigenvalue weighted by molar-refractivity contribution is 0.243. The molecule has 0 saturated heterocycles.